The molecular weight excluding hydrogens is 300 g/mol. The van der Waals surface area contributed by atoms with Crippen LogP contribution in [-0.2, 0) is 0 Å². The van der Waals surface area contributed by atoms with Gasteiger partial charge in [0, 0.05) is 24.7 Å². The number of hydrogen-bond acceptors (Lipinski definition) is 3. The maximum absolute atomic E-state index is 13.1. The smallest absolute Gasteiger partial charge is 0.254 e. The van der Waals surface area contributed by atoms with Gasteiger partial charge in [0.2, 0.25) is 0 Å². The zero-order chi connectivity index (χ0) is 16.9. The van der Waals surface area contributed by atoms with E-state index in [1.165, 1.54) is 39.3 Å². The Morgan fingerprint density at radius 3 is 2.38 bits per heavy atom. The Balaban J connectivity index is 1.72. The van der Waals surface area contributed by atoms with Gasteiger partial charge in [-0.3, -0.25) is 9.59 Å². The molecule has 2 aliphatic heterocycles. The van der Waals surface area contributed by atoms with Gasteiger partial charge >= 0.3 is 0 Å². The van der Waals surface area contributed by atoms with Crippen molar-refractivity contribution < 1.29 is 9.59 Å². The zero-order valence-electron chi connectivity index (χ0n) is 14.7. The minimum Gasteiger partial charge on any atom is -0.336 e. The molecular formula is C20H28N2O2. The van der Waals surface area contributed by atoms with Crippen molar-refractivity contribution in [1.82, 2.24) is 9.80 Å². The first-order valence-electron chi connectivity index (χ1n) is 9.30. The van der Waals surface area contributed by atoms with E-state index in [0.717, 1.165) is 32.4 Å². The van der Waals surface area contributed by atoms with E-state index >= 15 is 0 Å². The van der Waals surface area contributed by atoms with Crippen LogP contribution in [0.2, 0.25) is 0 Å². The van der Waals surface area contributed by atoms with Crippen LogP contribution in [0.1, 0.15) is 66.2 Å². The zero-order valence-corrected chi connectivity index (χ0v) is 14.7. The van der Waals surface area contributed by atoms with E-state index in [1.54, 1.807) is 12.1 Å². The summed E-state index contributed by atoms with van der Waals surface area (Å²) in [6.07, 6.45) is 7.01. The van der Waals surface area contributed by atoms with Crippen molar-refractivity contribution in [2.75, 3.05) is 26.2 Å². The topological polar surface area (TPSA) is 40.6 Å². The largest absolute Gasteiger partial charge is 0.336 e. The summed E-state index contributed by atoms with van der Waals surface area (Å²) in [5.74, 6) is -0.00324. The van der Waals surface area contributed by atoms with Crippen LogP contribution in [0.4, 0.5) is 0 Å². The quantitative estimate of drug-likeness (QED) is 0.778. The van der Waals surface area contributed by atoms with E-state index in [4.69, 9.17) is 0 Å². The molecule has 1 atom stereocenters. The maximum atomic E-state index is 13.1. The summed E-state index contributed by atoms with van der Waals surface area (Å²) in [6, 6.07) is 7.55. The fourth-order valence-corrected chi connectivity index (χ4v) is 4.04. The van der Waals surface area contributed by atoms with Gasteiger partial charge in [-0.1, -0.05) is 18.2 Å². The van der Waals surface area contributed by atoms with Crippen molar-refractivity contribution in [1.29, 1.82) is 0 Å². The van der Waals surface area contributed by atoms with Gasteiger partial charge in [0.1, 0.15) is 0 Å². The summed E-state index contributed by atoms with van der Waals surface area (Å²) >= 11 is 0. The highest BCUT2D eigenvalue weighted by atomic mass is 16.2. The molecule has 130 valence electrons. The predicted octanol–water partition coefficient (Wildman–Crippen LogP) is 3.37. The Morgan fingerprint density at radius 2 is 1.67 bits per heavy atom. The normalized spacial score (nSPS) is 21.9. The molecule has 0 aliphatic carbocycles. The summed E-state index contributed by atoms with van der Waals surface area (Å²) in [5, 5.41) is 0. The SMILES string of the molecule is CC(=O)c1ccccc1C(=O)N1CCCC[C@H]1CCN1CCCC1. The molecule has 1 aromatic rings. The highest BCUT2D eigenvalue weighted by molar-refractivity contribution is 6.07. The predicted molar refractivity (Wildman–Crippen MR) is 95.4 cm³/mol. The molecule has 0 radical (unpaired) electrons. The standard InChI is InChI=1S/C20H28N2O2/c1-16(23)18-9-2-3-10-19(18)20(24)22-14-5-4-8-17(22)11-15-21-12-6-7-13-21/h2-3,9-10,17H,4-8,11-15H2,1H3/t17-/m0/s1. The number of likely N-dealkylation sites (tertiary alicyclic amines) is 2. The summed E-state index contributed by atoms with van der Waals surface area (Å²) < 4.78 is 0. The van der Waals surface area contributed by atoms with Crippen LogP contribution in [0.3, 0.4) is 0 Å². The first-order valence-corrected chi connectivity index (χ1v) is 9.30. The summed E-state index contributed by atoms with van der Waals surface area (Å²) in [6.45, 7) is 5.84. The van der Waals surface area contributed by atoms with Crippen LogP contribution < -0.4 is 0 Å². The van der Waals surface area contributed by atoms with E-state index in [1.807, 2.05) is 17.0 Å². The first-order chi connectivity index (χ1) is 11.7. The Morgan fingerprint density at radius 1 is 1.00 bits per heavy atom. The van der Waals surface area contributed by atoms with Gasteiger partial charge in [-0.2, -0.15) is 0 Å². The number of ketones is 1. The highest BCUT2D eigenvalue weighted by Crippen LogP contribution is 2.24. The Hall–Kier alpha value is -1.68. The fourth-order valence-electron chi connectivity index (χ4n) is 4.04. The van der Waals surface area contributed by atoms with Gasteiger partial charge in [-0.05, 0) is 64.6 Å². The summed E-state index contributed by atoms with van der Waals surface area (Å²) in [5.41, 5.74) is 1.12. The van der Waals surface area contributed by atoms with E-state index < -0.39 is 0 Å². The first kappa shape index (κ1) is 17.2. The second kappa shape index (κ2) is 7.93. The van der Waals surface area contributed by atoms with Gasteiger partial charge in [0.15, 0.2) is 5.78 Å². The van der Waals surface area contributed by atoms with Gasteiger partial charge in [-0.15, -0.1) is 0 Å². The number of carbonyl (C=O) groups excluding carboxylic acids is 2. The lowest BCUT2D eigenvalue weighted by Gasteiger charge is -2.37. The monoisotopic (exact) mass is 328 g/mol. The molecule has 0 N–H and O–H groups in total. The van der Waals surface area contributed by atoms with Crippen molar-refractivity contribution in [2.45, 2.75) is 51.5 Å². The molecule has 4 nitrogen and oxygen atoms in total. The van der Waals surface area contributed by atoms with E-state index in [2.05, 4.69) is 4.90 Å². The van der Waals surface area contributed by atoms with Gasteiger partial charge in [-0.25, -0.2) is 0 Å². The number of nitrogens with zero attached hydrogens (tertiary/aromatic N) is 2. The number of amides is 1. The average molecular weight is 328 g/mol. The van der Waals surface area contributed by atoms with Gasteiger partial charge < -0.3 is 9.80 Å². The molecule has 4 heteroatoms. The Kier molecular flexibility index (Phi) is 5.67. The van der Waals surface area contributed by atoms with E-state index in [9.17, 15) is 9.59 Å². The van der Waals surface area contributed by atoms with Gasteiger partial charge in [0.25, 0.3) is 5.91 Å². The molecule has 1 amide bonds. The third-order valence-electron chi connectivity index (χ3n) is 5.40. The van der Waals surface area contributed by atoms with Crippen LogP contribution in [0.5, 0.6) is 0 Å². The molecule has 0 unspecified atom stereocenters. The minimum absolute atomic E-state index is 0.0342. The van der Waals surface area contributed by atoms with E-state index in [0.29, 0.717) is 17.2 Å². The number of benzene rings is 1. The number of Topliss-reactive ketones (excluding diaryl/α,β-unsaturated/α-hetero) is 1. The van der Waals surface area contributed by atoms with Crippen LogP contribution in [0, 0.1) is 0 Å². The molecule has 2 fully saturated rings. The Labute approximate surface area is 144 Å². The van der Waals surface area contributed by atoms with Crippen LogP contribution in [0.15, 0.2) is 24.3 Å². The summed E-state index contributed by atoms with van der Waals surface area (Å²) in [4.78, 5) is 29.5. The molecule has 0 bridgehead atoms. The molecule has 0 spiro atoms. The second-order valence-electron chi connectivity index (χ2n) is 7.09. The number of carbonyl (C=O) groups is 2. The third-order valence-corrected chi connectivity index (χ3v) is 5.40. The molecule has 2 heterocycles. The average Bonchev–Trinajstić information content (AvgIpc) is 3.13. The molecule has 3 rings (SSSR count). The van der Waals surface area contributed by atoms with Gasteiger partial charge in [0.05, 0.1) is 5.56 Å². The minimum atomic E-state index is -0.0374. The maximum Gasteiger partial charge on any atom is 0.254 e. The lowest BCUT2D eigenvalue weighted by Crippen LogP contribution is -2.45. The summed E-state index contributed by atoms with van der Waals surface area (Å²) in [7, 11) is 0. The molecule has 1 aromatic carbocycles. The number of hydrogen-bond donors (Lipinski definition) is 0. The molecule has 0 aromatic heterocycles. The van der Waals surface area contributed by atoms with Crippen molar-refractivity contribution in [3.8, 4) is 0 Å². The molecule has 24 heavy (non-hydrogen) atoms. The third kappa shape index (κ3) is 3.86. The van der Waals surface area contributed by atoms with Crippen molar-refractivity contribution in [3.63, 3.8) is 0 Å². The lowest BCUT2D eigenvalue weighted by atomic mass is 9.96. The van der Waals surface area contributed by atoms with Crippen molar-refractivity contribution in [3.05, 3.63) is 35.4 Å². The Bertz CT molecular complexity index is 593. The van der Waals surface area contributed by atoms with Crippen LogP contribution >= 0.6 is 0 Å². The van der Waals surface area contributed by atoms with Crippen LogP contribution in [0.25, 0.3) is 0 Å². The van der Waals surface area contributed by atoms with Crippen LogP contribution in [-0.4, -0.2) is 53.7 Å². The van der Waals surface area contributed by atoms with Crippen molar-refractivity contribution in [2.24, 2.45) is 0 Å². The lowest BCUT2D eigenvalue weighted by molar-refractivity contribution is 0.0585. The van der Waals surface area contributed by atoms with E-state index in [-0.39, 0.29) is 11.7 Å². The molecule has 2 aliphatic rings. The highest BCUT2D eigenvalue weighted by Gasteiger charge is 2.29. The van der Waals surface area contributed by atoms with Crippen molar-refractivity contribution >= 4 is 11.7 Å². The molecule has 2 saturated heterocycles. The fraction of sp³-hybridized carbons (Fsp3) is 0.600. The second-order valence-corrected chi connectivity index (χ2v) is 7.09. The molecule has 0 saturated carbocycles. The number of rotatable bonds is 5. The number of piperidine rings is 1.